The van der Waals surface area contributed by atoms with Crippen molar-refractivity contribution < 1.29 is 37.7 Å². The van der Waals surface area contributed by atoms with Crippen LogP contribution in [-0.2, 0) is 23.8 Å². The number of carbonyl (C=O) groups is 2. The van der Waals surface area contributed by atoms with E-state index in [1.807, 2.05) is 0 Å². The number of nitro groups is 1. The molecular weight excluding hydrogens is 407 g/mol. The van der Waals surface area contributed by atoms with Gasteiger partial charge in [0.2, 0.25) is 5.52 Å². The number of ether oxygens (including phenoxy) is 3. The Kier molecular flexibility index (Phi) is 6.10. The van der Waals surface area contributed by atoms with Gasteiger partial charge in [0.25, 0.3) is 0 Å². The molecule has 0 saturated carbocycles. The van der Waals surface area contributed by atoms with Crippen molar-refractivity contribution in [2.75, 3.05) is 12.0 Å². The van der Waals surface area contributed by atoms with Gasteiger partial charge in [0, 0.05) is 19.9 Å². The summed E-state index contributed by atoms with van der Waals surface area (Å²) >= 11 is 0. The molecule has 0 spiro atoms. The van der Waals surface area contributed by atoms with Crippen LogP contribution in [0.2, 0.25) is 0 Å². The standard InChI is InChI=1S/C17H19FN4O8/c1-7-13(17(29-9(3)24)16(28-8(2)23)12(6-18)27-7)19-10-4-5-11(22(25)26)15-14(10)20-30-21-15/h4-5,7,12-13,16-17,19H,6H2,1-3H3/t7-,12?,13+,16+,17?/m1/s1. The number of anilines is 1. The van der Waals surface area contributed by atoms with E-state index >= 15 is 0 Å². The topological polar surface area (TPSA) is 156 Å². The van der Waals surface area contributed by atoms with Crippen LogP contribution < -0.4 is 5.32 Å². The maximum Gasteiger partial charge on any atom is 0.303 e. The number of nitrogens with one attached hydrogen (secondary N) is 1. The molecule has 1 aliphatic rings. The van der Waals surface area contributed by atoms with Crippen LogP contribution >= 0.6 is 0 Å². The lowest BCUT2D eigenvalue weighted by Gasteiger charge is -2.44. The van der Waals surface area contributed by atoms with Crippen LogP contribution in [0.15, 0.2) is 16.8 Å². The predicted octanol–water partition coefficient (Wildman–Crippen LogP) is 1.53. The average Bonchev–Trinajstić information content (AvgIpc) is 3.15. The fraction of sp³-hybridized carbons (Fsp3) is 0.529. The normalized spacial score (nSPS) is 26.2. The van der Waals surface area contributed by atoms with Crippen molar-refractivity contribution in [1.82, 2.24) is 10.3 Å². The lowest BCUT2D eigenvalue weighted by molar-refractivity contribution is -0.383. The maximum atomic E-state index is 13.5. The number of halogens is 1. The lowest BCUT2D eigenvalue weighted by Crippen LogP contribution is -2.62. The average molecular weight is 426 g/mol. The Morgan fingerprint density at radius 3 is 2.43 bits per heavy atom. The first-order valence-corrected chi connectivity index (χ1v) is 8.95. The zero-order chi connectivity index (χ0) is 22.0. The maximum absolute atomic E-state index is 13.5. The highest BCUT2D eigenvalue weighted by molar-refractivity contribution is 5.93. The molecule has 3 rings (SSSR count). The van der Waals surface area contributed by atoms with Crippen molar-refractivity contribution in [1.29, 1.82) is 0 Å². The summed E-state index contributed by atoms with van der Waals surface area (Å²) in [7, 11) is 0. The molecule has 1 saturated heterocycles. The summed E-state index contributed by atoms with van der Waals surface area (Å²) in [5.41, 5.74) is -0.0579. The van der Waals surface area contributed by atoms with Gasteiger partial charge in [-0.25, -0.2) is 9.02 Å². The highest BCUT2D eigenvalue weighted by Crippen LogP contribution is 2.33. The van der Waals surface area contributed by atoms with E-state index in [1.165, 1.54) is 12.1 Å². The number of carbonyl (C=O) groups excluding carboxylic acids is 2. The molecule has 1 aliphatic heterocycles. The molecule has 0 amide bonds. The fourth-order valence-electron chi connectivity index (χ4n) is 3.41. The number of hydrogen-bond donors (Lipinski definition) is 1. The first-order chi connectivity index (χ1) is 14.2. The quantitative estimate of drug-likeness (QED) is 0.406. The van der Waals surface area contributed by atoms with E-state index in [9.17, 15) is 24.1 Å². The number of esters is 2. The number of nitrogens with zero attached hydrogens (tertiary/aromatic N) is 3. The van der Waals surface area contributed by atoms with Crippen molar-refractivity contribution >= 4 is 34.3 Å². The van der Waals surface area contributed by atoms with Crippen LogP contribution in [0.1, 0.15) is 20.8 Å². The zero-order valence-corrected chi connectivity index (χ0v) is 16.2. The van der Waals surface area contributed by atoms with Crippen LogP contribution in [0, 0.1) is 10.1 Å². The van der Waals surface area contributed by atoms with E-state index in [2.05, 4.69) is 20.3 Å². The second kappa shape index (κ2) is 8.57. The van der Waals surface area contributed by atoms with Gasteiger partial charge in [-0.2, -0.15) is 0 Å². The largest absolute Gasteiger partial charge is 0.456 e. The predicted molar refractivity (Wildman–Crippen MR) is 97.3 cm³/mol. The van der Waals surface area contributed by atoms with E-state index < -0.39 is 54.0 Å². The Balaban J connectivity index is 2.00. The number of rotatable bonds is 6. The molecule has 0 bridgehead atoms. The number of nitro benzene ring substituents is 1. The van der Waals surface area contributed by atoms with E-state index in [4.69, 9.17) is 14.2 Å². The van der Waals surface area contributed by atoms with Crippen LogP contribution in [0.4, 0.5) is 15.8 Å². The summed E-state index contributed by atoms with van der Waals surface area (Å²) in [5, 5.41) is 21.4. The molecule has 0 radical (unpaired) electrons. The second-order valence-corrected chi connectivity index (χ2v) is 6.70. The third kappa shape index (κ3) is 4.15. The Morgan fingerprint density at radius 1 is 1.20 bits per heavy atom. The van der Waals surface area contributed by atoms with Crippen molar-refractivity contribution in [3.8, 4) is 0 Å². The molecule has 5 atom stereocenters. The molecule has 1 N–H and O–H groups in total. The summed E-state index contributed by atoms with van der Waals surface area (Å²) < 4.78 is 34.3. The monoisotopic (exact) mass is 426 g/mol. The number of non-ortho nitro benzene ring substituents is 1. The van der Waals surface area contributed by atoms with E-state index in [1.54, 1.807) is 6.92 Å². The first-order valence-electron chi connectivity index (χ1n) is 8.95. The minimum absolute atomic E-state index is 0.0645. The Morgan fingerprint density at radius 2 is 1.83 bits per heavy atom. The van der Waals surface area contributed by atoms with Crippen molar-refractivity contribution in [3.63, 3.8) is 0 Å². The Hall–Kier alpha value is -3.35. The molecule has 0 aliphatic carbocycles. The second-order valence-electron chi connectivity index (χ2n) is 6.70. The van der Waals surface area contributed by atoms with Gasteiger partial charge in [-0.1, -0.05) is 0 Å². The molecule has 2 aromatic rings. The highest BCUT2D eigenvalue weighted by atomic mass is 19.1. The summed E-state index contributed by atoms with van der Waals surface area (Å²) in [6, 6.07) is 1.77. The first kappa shape index (κ1) is 21.4. The summed E-state index contributed by atoms with van der Waals surface area (Å²) in [6.45, 7) is 2.95. The third-order valence-corrected chi connectivity index (χ3v) is 4.61. The number of fused-ring (bicyclic) bond motifs is 1. The smallest absolute Gasteiger partial charge is 0.303 e. The van der Waals surface area contributed by atoms with Gasteiger partial charge >= 0.3 is 17.6 Å². The van der Waals surface area contributed by atoms with E-state index in [0.29, 0.717) is 0 Å². The minimum atomic E-state index is -1.21. The van der Waals surface area contributed by atoms with Crippen molar-refractivity contribution in [3.05, 3.63) is 22.2 Å². The fourth-order valence-corrected chi connectivity index (χ4v) is 3.41. The molecule has 1 fully saturated rings. The van der Waals surface area contributed by atoms with Gasteiger partial charge in [0.05, 0.1) is 22.8 Å². The zero-order valence-electron chi connectivity index (χ0n) is 16.2. The molecule has 1 aromatic heterocycles. The van der Waals surface area contributed by atoms with Gasteiger partial charge in [0.1, 0.15) is 12.8 Å². The van der Waals surface area contributed by atoms with Gasteiger partial charge in [-0.15, -0.1) is 0 Å². The summed E-state index contributed by atoms with van der Waals surface area (Å²) in [5.74, 6) is -1.38. The highest BCUT2D eigenvalue weighted by Gasteiger charge is 2.48. The van der Waals surface area contributed by atoms with Crippen molar-refractivity contribution in [2.45, 2.75) is 51.2 Å². The van der Waals surface area contributed by atoms with Gasteiger partial charge in [-0.3, -0.25) is 19.7 Å². The SMILES string of the molecule is CC(=O)OC1[C@@H](OC(C)=O)C(CF)O[C@H](C)[C@@H]1Nc1ccc([N+](=O)[O-])c2nonc12. The van der Waals surface area contributed by atoms with E-state index in [-0.39, 0.29) is 22.4 Å². The molecule has 30 heavy (non-hydrogen) atoms. The molecule has 13 heteroatoms. The molecular formula is C17H19FN4O8. The lowest BCUT2D eigenvalue weighted by atomic mass is 9.92. The molecule has 162 valence electrons. The Bertz CT molecular complexity index is 966. The van der Waals surface area contributed by atoms with Crippen LogP contribution in [-0.4, -0.2) is 64.3 Å². The van der Waals surface area contributed by atoms with Crippen molar-refractivity contribution in [2.24, 2.45) is 0 Å². The number of benzene rings is 1. The number of hydrogen-bond acceptors (Lipinski definition) is 11. The van der Waals surface area contributed by atoms with Gasteiger partial charge in [-0.05, 0) is 23.3 Å². The van der Waals surface area contributed by atoms with Crippen LogP contribution in [0.5, 0.6) is 0 Å². The van der Waals surface area contributed by atoms with E-state index in [0.717, 1.165) is 13.8 Å². The summed E-state index contributed by atoms with van der Waals surface area (Å²) in [4.78, 5) is 33.8. The molecule has 12 nitrogen and oxygen atoms in total. The van der Waals surface area contributed by atoms with Gasteiger partial charge in [0.15, 0.2) is 17.7 Å². The summed E-state index contributed by atoms with van der Waals surface area (Å²) in [6.07, 6.45) is -4.17. The molecule has 1 aromatic carbocycles. The third-order valence-electron chi connectivity index (χ3n) is 4.61. The van der Waals surface area contributed by atoms with Crippen LogP contribution in [0.3, 0.4) is 0 Å². The number of aromatic nitrogens is 2. The Labute approximate surface area is 168 Å². The number of alkyl halides is 1. The minimum Gasteiger partial charge on any atom is -0.456 e. The molecule has 2 heterocycles. The van der Waals surface area contributed by atoms with Crippen LogP contribution in [0.25, 0.3) is 11.0 Å². The van der Waals surface area contributed by atoms with Gasteiger partial charge < -0.3 is 19.5 Å². The molecule has 2 unspecified atom stereocenters.